The average molecular weight is 1050 g/mol. The highest BCUT2D eigenvalue weighted by atomic mass is 35.5. The predicted molar refractivity (Wildman–Crippen MR) is 323 cm³/mol. The summed E-state index contributed by atoms with van der Waals surface area (Å²) in [4.78, 5) is 3.81. The van der Waals surface area contributed by atoms with Crippen LogP contribution in [-0.4, -0.2) is 73.8 Å². The topological polar surface area (TPSA) is 84.6 Å². The number of benzene rings is 6. The Labute approximate surface area is 446 Å². The maximum atomic E-state index is 5.50. The van der Waals surface area contributed by atoms with Crippen molar-refractivity contribution in [3.05, 3.63) is 188 Å². The van der Waals surface area contributed by atoms with E-state index in [1.807, 2.05) is 67.6 Å². The van der Waals surface area contributed by atoms with E-state index in [0.717, 1.165) is 64.5 Å². The average Bonchev–Trinajstić information content (AvgIpc) is 4.23. The maximum Gasteiger partial charge on any atom is 0.170 e. The van der Waals surface area contributed by atoms with Gasteiger partial charge in [-0.2, -0.15) is 0 Å². The summed E-state index contributed by atoms with van der Waals surface area (Å²) in [7, 11) is 0.211. The molecule has 3 fully saturated rings. The van der Waals surface area contributed by atoms with Gasteiger partial charge in [-0.05, 0) is 130 Å². The summed E-state index contributed by atoms with van der Waals surface area (Å²) in [5, 5.41) is 9.90. The van der Waals surface area contributed by atoms with Gasteiger partial charge in [0.25, 0.3) is 0 Å². The van der Waals surface area contributed by atoms with Crippen LogP contribution in [0.5, 0.6) is 0 Å². The summed E-state index contributed by atoms with van der Waals surface area (Å²) in [6, 6.07) is 62.9. The van der Waals surface area contributed by atoms with Crippen molar-refractivity contribution in [2.75, 3.05) is 76.5 Å². The zero-order chi connectivity index (χ0) is 48.7. The lowest BCUT2D eigenvalue weighted by Crippen LogP contribution is -2.31. The molecule has 0 aromatic heterocycles. The van der Waals surface area contributed by atoms with Crippen molar-refractivity contribution in [3.63, 3.8) is 0 Å². The molecule has 6 aromatic carbocycles. The lowest BCUT2D eigenvalue weighted by atomic mass is 10.2. The van der Waals surface area contributed by atoms with Crippen molar-refractivity contribution >= 4 is 91.9 Å². The minimum absolute atomic E-state index is 0. The van der Waals surface area contributed by atoms with E-state index in [4.69, 9.17) is 34.3 Å². The molecule has 14 heteroatoms. The maximum absolute atomic E-state index is 5.50. The van der Waals surface area contributed by atoms with Crippen LogP contribution in [0.3, 0.4) is 0 Å². The minimum atomic E-state index is -0.502. The number of halogens is 1. The number of anilines is 5. The quantitative estimate of drug-likeness (QED) is 0.0450. The lowest BCUT2D eigenvalue weighted by Gasteiger charge is -2.36. The molecule has 0 amide bonds. The molecule has 9 rings (SSSR count). The second kappa shape index (κ2) is 36.1. The molecule has 0 saturated carbocycles. The molecule has 4 N–H and O–H groups in total. The van der Waals surface area contributed by atoms with Crippen molar-refractivity contribution in [1.29, 1.82) is 0 Å². The van der Waals surface area contributed by atoms with Crippen molar-refractivity contribution in [1.82, 2.24) is 5.32 Å². The molecule has 9 nitrogen and oxygen atoms in total. The highest BCUT2D eigenvalue weighted by Gasteiger charge is 2.36. The number of isothiocyanates is 1. The van der Waals surface area contributed by atoms with E-state index >= 15 is 0 Å². The fourth-order valence-electron chi connectivity index (χ4n) is 7.38. The van der Waals surface area contributed by atoms with E-state index in [1.54, 1.807) is 0 Å². The number of hydrogen-bond donors (Lipinski definition) is 3. The largest absolute Gasteiger partial charge is 0.381 e. The van der Waals surface area contributed by atoms with Crippen LogP contribution in [0.25, 0.3) is 0 Å². The van der Waals surface area contributed by atoms with Gasteiger partial charge in [-0.15, -0.1) is 11.6 Å². The summed E-state index contributed by atoms with van der Waals surface area (Å²) >= 11 is 15.4. The molecule has 0 radical (unpaired) electrons. The fraction of sp³-hybridized carbons (Fsp3) is 0.333. The highest BCUT2D eigenvalue weighted by Crippen LogP contribution is 2.57. The Kier molecular flexibility index (Phi) is 30.7. The standard InChI is InChI=1S/C25H29N4PS.C14H15N2P.C8H7NS.C4H10ClN.C4H8O.2CH4/c1-21(17-18-26-25(31)27-22-11-5-2-6-12-22)30-28(23-13-7-3-8-14-23)19-20-29(30)24-15-9-4-10-16-24;1-3-7-13(8-4-1)15-11-12-16(17-15)14-9-5-2-6-10-14;10-7-9-6-8-4-2-1-3-5-8;1-4(5)2-3-6;1-2-4-5-3-1;;/h2-16,21H,17-20H2,1H3,(H2,26,27,31);1-10,17H,11-12H2;1-5H,6H2;4H,2-3,6H2,1H3;1-4H2;2*1H4/t21-;;;4-;;;/m0..0.../s1. The highest BCUT2D eigenvalue weighted by molar-refractivity contribution is 7.80. The van der Waals surface area contributed by atoms with Gasteiger partial charge in [0.05, 0.1) is 28.8 Å². The Morgan fingerprint density at radius 2 is 1.08 bits per heavy atom. The number of aliphatic imine (C=N–C) groups is 1. The van der Waals surface area contributed by atoms with E-state index in [2.05, 4.69) is 180 Å². The third kappa shape index (κ3) is 22.6. The van der Waals surface area contributed by atoms with Crippen LogP contribution in [0.2, 0.25) is 0 Å². The first kappa shape index (κ1) is 60.4. The molecule has 3 heterocycles. The van der Waals surface area contributed by atoms with E-state index in [0.29, 0.717) is 32.7 Å². The first-order valence-corrected chi connectivity index (χ1v) is 27.3. The Morgan fingerprint density at radius 1 is 0.662 bits per heavy atom. The zero-order valence-corrected chi connectivity index (χ0v) is 44.3. The Hall–Kier alpha value is -4.92. The number of hydrogen-bond acceptors (Lipinski definition) is 9. The first-order chi connectivity index (χ1) is 33.9. The van der Waals surface area contributed by atoms with Gasteiger partial charge in [-0.1, -0.05) is 143 Å². The number of alkyl halides is 1. The van der Waals surface area contributed by atoms with Crippen molar-refractivity contribution < 1.29 is 4.74 Å². The van der Waals surface area contributed by atoms with Crippen molar-refractivity contribution in [3.8, 4) is 0 Å². The summed E-state index contributed by atoms with van der Waals surface area (Å²) in [6.45, 7) is 12.8. The van der Waals surface area contributed by atoms with Gasteiger partial charge in [0, 0.05) is 85.4 Å². The fourth-order valence-corrected chi connectivity index (χ4v) is 11.9. The summed E-state index contributed by atoms with van der Waals surface area (Å²) in [6.07, 6.45) is 4.52. The van der Waals surface area contributed by atoms with E-state index in [1.165, 1.54) is 41.2 Å². The smallest absolute Gasteiger partial charge is 0.170 e. The minimum Gasteiger partial charge on any atom is -0.381 e. The summed E-state index contributed by atoms with van der Waals surface area (Å²) < 4.78 is 15.0. The van der Waals surface area contributed by atoms with Gasteiger partial charge in [0.1, 0.15) is 0 Å². The molecular weight excluding hydrogens is 974 g/mol. The normalized spacial score (nSPS) is 14.3. The number of para-hydroxylation sites is 5. The van der Waals surface area contributed by atoms with Gasteiger partial charge in [0.15, 0.2) is 5.11 Å². The molecule has 3 aliphatic rings. The molecule has 3 saturated heterocycles. The SMILES string of the molecule is C.C.C1CCOC1.C[C@@H](CCNC(=S)Nc1ccccc1)P1N(c2ccccc2)CCN1c1ccccc1.C[C@H](Cl)CCN.S=C=NCc1ccccc1.c1ccc(N2CCN(c3ccccc3)P2)cc1. The van der Waals surface area contributed by atoms with Crippen LogP contribution in [0.15, 0.2) is 187 Å². The Balaban J connectivity index is 0.000000277. The molecule has 6 aromatic rings. The second-order valence-electron chi connectivity index (χ2n) is 16.3. The van der Waals surface area contributed by atoms with Crippen LogP contribution < -0.4 is 35.0 Å². The molecule has 380 valence electrons. The number of nitrogens with one attached hydrogen (secondary N) is 2. The second-order valence-corrected chi connectivity index (χ2v) is 21.4. The van der Waals surface area contributed by atoms with E-state index in [9.17, 15) is 0 Å². The van der Waals surface area contributed by atoms with E-state index in [-0.39, 0.29) is 20.2 Å². The van der Waals surface area contributed by atoms with Gasteiger partial charge in [-0.3, -0.25) is 0 Å². The van der Waals surface area contributed by atoms with E-state index < -0.39 is 8.22 Å². The molecular formula is C57H77ClN8OP2S2. The van der Waals surface area contributed by atoms with Crippen LogP contribution >= 0.6 is 53.1 Å². The van der Waals surface area contributed by atoms with Crippen LogP contribution in [-0.2, 0) is 11.3 Å². The molecule has 3 aliphatic heterocycles. The number of nitrogens with two attached hydrogens (primary N) is 1. The molecule has 71 heavy (non-hydrogen) atoms. The lowest BCUT2D eigenvalue weighted by molar-refractivity contribution is 0.198. The molecule has 2 atom stereocenters. The molecule has 0 aliphatic carbocycles. The monoisotopic (exact) mass is 1050 g/mol. The Bertz CT molecular complexity index is 2210. The van der Waals surface area contributed by atoms with Crippen molar-refractivity contribution in [2.24, 2.45) is 10.7 Å². The van der Waals surface area contributed by atoms with Gasteiger partial charge in [-0.25, -0.2) is 4.99 Å². The first-order valence-electron chi connectivity index (χ1n) is 23.8. The van der Waals surface area contributed by atoms with Crippen molar-refractivity contribution in [2.45, 2.75) is 72.0 Å². The number of ether oxygens (including phenoxy) is 1. The molecule has 0 spiro atoms. The van der Waals surface area contributed by atoms with Crippen LogP contribution in [0, 0.1) is 0 Å². The third-order valence-corrected chi connectivity index (χ3v) is 15.8. The zero-order valence-electron chi connectivity index (χ0n) is 40.0. The number of nitrogens with zero attached hydrogens (tertiary/aromatic N) is 5. The Morgan fingerprint density at radius 3 is 1.46 bits per heavy atom. The summed E-state index contributed by atoms with van der Waals surface area (Å²) in [5.41, 5.74) is 13.1. The van der Waals surface area contributed by atoms with Gasteiger partial charge in [0.2, 0.25) is 0 Å². The van der Waals surface area contributed by atoms with Gasteiger partial charge >= 0.3 is 0 Å². The third-order valence-electron chi connectivity index (χ3n) is 10.9. The number of rotatable bonds is 13. The van der Waals surface area contributed by atoms with Crippen LogP contribution in [0.1, 0.15) is 59.9 Å². The van der Waals surface area contributed by atoms with Gasteiger partial charge < -0.3 is 39.8 Å². The van der Waals surface area contributed by atoms with Crippen LogP contribution in [0.4, 0.5) is 28.4 Å². The predicted octanol–water partition coefficient (Wildman–Crippen LogP) is 14.9. The number of thiocarbonyl (C=S) groups is 2. The molecule has 0 unspecified atom stereocenters. The summed E-state index contributed by atoms with van der Waals surface area (Å²) in [5.74, 6) is 0. The molecule has 0 bridgehead atoms.